The van der Waals surface area contributed by atoms with Crippen LogP contribution in [0.1, 0.15) is 47.7 Å². The second-order valence-electron chi connectivity index (χ2n) is 6.52. The van der Waals surface area contributed by atoms with Gasteiger partial charge in [0.05, 0.1) is 5.01 Å². The molecule has 2 heterocycles. The molecule has 2 aromatic rings. The average Bonchev–Trinajstić information content (AvgIpc) is 2.95. The Bertz CT molecular complexity index is 614. The summed E-state index contributed by atoms with van der Waals surface area (Å²) in [4.78, 5) is 5.65. The van der Waals surface area contributed by atoms with E-state index >= 15 is 0 Å². The number of nitrogens with zero attached hydrogens (tertiary/aromatic N) is 1. The van der Waals surface area contributed by atoms with Gasteiger partial charge in [-0.25, -0.2) is 4.98 Å². The molecule has 0 saturated heterocycles. The molecule has 0 aromatic carbocycles. The Morgan fingerprint density at radius 2 is 2.14 bits per heavy atom. The van der Waals surface area contributed by atoms with Gasteiger partial charge >= 0.3 is 0 Å². The standard InChI is InChI=1S/C17H26N2O2S/c1-11(2)6-16-19-9-14(22-16)8-18-10-17(5,20)15-7-12(3)21-13(15)4/h7,9,11,18,20H,6,8,10H2,1-5H3. The Kier molecular flexibility index (Phi) is 5.42. The summed E-state index contributed by atoms with van der Waals surface area (Å²) < 4.78 is 5.51. The summed E-state index contributed by atoms with van der Waals surface area (Å²) in [6.45, 7) is 11.2. The number of aromatic nitrogens is 1. The van der Waals surface area contributed by atoms with E-state index in [0.717, 1.165) is 30.0 Å². The van der Waals surface area contributed by atoms with Crippen LogP contribution in [-0.2, 0) is 18.6 Å². The van der Waals surface area contributed by atoms with Crippen LogP contribution in [0.2, 0.25) is 0 Å². The highest BCUT2D eigenvalue weighted by Crippen LogP contribution is 2.26. The van der Waals surface area contributed by atoms with Gasteiger partial charge in [-0.2, -0.15) is 0 Å². The van der Waals surface area contributed by atoms with Crippen molar-refractivity contribution in [1.82, 2.24) is 10.3 Å². The van der Waals surface area contributed by atoms with E-state index in [-0.39, 0.29) is 0 Å². The highest BCUT2D eigenvalue weighted by molar-refractivity contribution is 7.11. The quantitative estimate of drug-likeness (QED) is 0.818. The van der Waals surface area contributed by atoms with Crippen LogP contribution in [0.5, 0.6) is 0 Å². The summed E-state index contributed by atoms with van der Waals surface area (Å²) in [5.41, 5.74) is -0.0879. The Morgan fingerprint density at radius 1 is 1.41 bits per heavy atom. The fourth-order valence-corrected chi connectivity index (χ4v) is 3.67. The molecule has 0 fully saturated rings. The number of hydrogen-bond acceptors (Lipinski definition) is 5. The first kappa shape index (κ1) is 17.2. The van der Waals surface area contributed by atoms with Gasteiger partial charge in [-0.15, -0.1) is 11.3 Å². The van der Waals surface area contributed by atoms with Gasteiger partial charge in [0, 0.05) is 36.1 Å². The van der Waals surface area contributed by atoms with Crippen molar-refractivity contribution in [2.45, 2.75) is 53.2 Å². The Morgan fingerprint density at radius 3 is 2.73 bits per heavy atom. The first-order valence-electron chi connectivity index (χ1n) is 7.72. The average molecular weight is 322 g/mol. The summed E-state index contributed by atoms with van der Waals surface area (Å²) in [6.07, 6.45) is 2.95. The van der Waals surface area contributed by atoms with Crippen LogP contribution in [-0.4, -0.2) is 16.6 Å². The van der Waals surface area contributed by atoms with Crippen molar-refractivity contribution in [1.29, 1.82) is 0 Å². The Balaban J connectivity index is 1.90. The number of furan rings is 1. The molecule has 0 aliphatic heterocycles. The maximum Gasteiger partial charge on any atom is 0.107 e. The predicted octanol–water partition coefficient (Wildman–Crippen LogP) is 3.55. The van der Waals surface area contributed by atoms with Crippen LogP contribution in [0.4, 0.5) is 0 Å². The van der Waals surface area contributed by atoms with Gasteiger partial charge in [0.2, 0.25) is 0 Å². The molecule has 2 rings (SSSR count). The van der Waals surface area contributed by atoms with Crippen molar-refractivity contribution in [2.75, 3.05) is 6.54 Å². The fraction of sp³-hybridized carbons (Fsp3) is 0.588. The maximum atomic E-state index is 10.6. The monoisotopic (exact) mass is 322 g/mol. The summed E-state index contributed by atoms with van der Waals surface area (Å²) >= 11 is 1.74. The van der Waals surface area contributed by atoms with Crippen LogP contribution in [0.3, 0.4) is 0 Å². The minimum absolute atomic E-state index is 0.476. The first-order chi connectivity index (χ1) is 10.3. The number of nitrogens with one attached hydrogen (secondary N) is 1. The van der Waals surface area contributed by atoms with Crippen LogP contribution in [0, 0.1) is 19.8 Å². The maximum absolute atomic E-state index is 10.6. The number of hydrogen-bond donors (Lipinski definition) is 2. The predicted molar refractivity (Wildman–Crippen MR) is 90.1 cm³/mol. The van der Waals surface area contributed by atoms with Crippen molar-refractivity contribution in [3.8, 4) is 0 Å². The largest absolute Gasteiger partial charge is 0.466 e. The molecule has 0 radical (unpaired) electrons. The van der Waals surface area contributed by atoms with Crippen molar-refractivity contribution < 1.29 is 9.52 Å². The number of thiazole rings is 1. The van der Waals surface area contributed by atoms with Crippen molar-refractivity contribution in [3.63, 3.8) is 0 Å². The normalized spacial score (nSPS) is 14.5. The van der Waals surface area contributed by atoms with E-state index in [1.54, 1.807) is 11.3 Å². The summed E-state index contributed by atoms with van der Waals surface area (Å²) in [7, 11) is 0. The van der Waals surface area contributed by atoms with Gasteiger partial charge < -0.3 is 14.8 Å². The van der Waals surface area contributed by atoms with Gasteiger partial charge in [0.1, 0.15) is 17.1 Å². The number of rotatable bonds is 7. The Labute approximate surface area is 136 Å². The van der Waals surface area contributed by atoms with Gasteiger partial charge in [-0.05, 0) is 32.8 Å². The highest BCUT2D eigenvalue weighted by Gasteiger charge is 2.27. The molecule has 0 bridgehead atoms. The summed E-state index contributed by atoms with van der Waals surface area (Å²) in [6, 6.07) is 1.91. The SMILES string of the molecule is Cc1cc(C(C)(O)CNCc2cnc(CC(C)C)s2)c(C)o1. The molecule has 2 N–H and O–H groups in total. The van der Waals surface area contributed by atoms with Crippen molar-refractivity contribution in [2.24, 2.45) is 5.92 Å². The van der Waals surface area contributed by atoms with E-state index in [1.165, 1.54) is 9.88 Å². The molecule has 4 nitrogen and oxygen atoms in total. The van der Waals surface area contributed by atoms with E-state index in [0.29, 0.717) is 12.5 Å². The van der Waals surface area contributed by atoms with Gasteiger partial charge in [-0.3, -0.25) is 0 Å². The third kappa shape index (κ3) is 4.41. The molecule has 0 aliphatic carbocycles. The zero-order valence-corrected chi connectivity index (χ0v) is 14.9. The van der Waals surface area contributed by atoms with E-state index in [4.69, 9.17) is 4.42 Å². The lowest BCUT2D eigenvalue weighted by Gasteiger charge is -2.23. The minimum Gasteiger partial charge on any atom is -0.466 e. The molecule has 2 aromatic heterocycles. The third-order valence-electron chi connectivity index (χ3n) is 3.57. The summed E-state index contributed by atoms with van der Waals surface area (Å²) in [5, 5.41) is 15.2. The molecule has 0 amide bonds. The minimum atomic E-state index is -0.937. The number of aliphatic hydroxyl groups is 1. The van der Waals surface area contributed by atoms with Crippen LogP contribution < -0.4 is 5.32 Å². The van der Waals surface area contributed by atoms with E-state index in [1.807, 2.05) is 33.0 Å². The van der Waals surface area contributed by atoms with E-state index in [2.05, 4.69) is 24.1 Å². The van der Waals surface area contributed by atoms with Gasteiger partial charge in [0.25, 0.3) is 0 Å². The summed E-state index contributed by atoms with van der Waals surface area (Å²) in [5.74, 6) is 2.23. The first-order valence-corrected chi connectivity index (χ1v) is 8.54. The molecule has 0 aliphatic rings. The second kappa shape index (κ2) is 6.94. The number of aryl methyl sites for hydroxylation is 2. The second-order valence-corrected chi connectivity index (χ2v) is 7.72. The molecule has 0 saturated carbocycles. The zero-order valence-electron chi connectivity index (χ0n) is 14.1. The zero-order chi connectivity index (χ0) is 16.3. The smallest absolute Gasteiger partial charge is 0.107 e. The molecule has 0 spiro atoms. The molecule has 1 atom stereocenters. The molecule has 22 heavy (non-hydrogen) atoms. The van der Waals surface area contributed by atoms with E-state index in [9.17, 15) is 5.11 Å². The van der Waals surface area contributed by atoms with Crippen LogP contribution in [0.25, 0.3) is 0 Å². The lowest BCUT2D eigenvalue weighted by molar-refractivity contribution is 0.0552. The van der Waals surface area contributed by atoms with Crippen LogP contribution >= 0.6 is 11.3 Å². The third-order valence-corrected chi connectivity index (χ3v) is 4.59. The van der Waals surface area contributed by atoms with Crippen molar-refractivity contribution >= 4 is 11.3 Å². The van der Waals surface area contributed by atoms with Crippen molar-refractivity contribution in [3.05, 3.63) is 39.2 Å². The van der Waals surface area contributed by atoms with Crippen LogP contribution in [0.15, 0.2) is 16.7 Å². The lowest BCUT2D eigenvalue weighted by Crippen LogP contribution is -2.35. The van der Waals surface area contributed by atoms with Gasteiger partial charge in [0.15, 0.2) is 0 Å². The molecule has 122 valence electrons. The Hall–Kier alpha value is -1.17. The fourth-order valence-electron chi connectivity index (χ4n) is 2.56. The van der Waals surface area contributed by atoms with Gasteiger partial charge in [-0.1, -0.05) is 13.8 Å². The molecular weight excluding hydrogens is 296 g/mol. The lowest BCUT2D eigenvalue weighted by atomic mass is 9.96. The molecule has 5 heteroatoms. The molecular formula is C17H26N2O2S. The highest BCUT2D eigenvalue weighted by atomic mass is 32.1. The van der Waals surface area contributed by atoms with E-state index < -0.39 is 5.60 Å². The molecule has 1 unspecified atom stereocenters. The topological polar surface area (TPSA) is 58.3 Å².